The molecule has 1 N–H and O–H groups in total. The van der Waals surface area contributed by atoms with Gasteiger partial charge in [-0.1, -0.05) is 41.9 Å². The maximum Gasteiger partial charge on any atom is 0.262 e. The number of aromatic nitrogens is 2. The number of nitrogens with zero attached hydrogens (tertiary/aromatic N) is 2. The van der Waals surface area contributed by atoms with E-state index in [2.05, 4.69) is 10.3 Å². The van der Waals surface area contributed by atoms with Gasteiger partial charge in [0, 0.05) is 29.2 Å². The van der Waals surface area contributed by atoms with Crippen LogP contribution in [-0.4, -0.2) is 15.5 Å². The van der Waals surface area contributed by atoms with Crippen LogP contribution in [-0.2, 0) is 7.05 Å². The predicted octanol–water partition coefficient (Wildman–Crippen LogP) is 4.81. The summed E-state index contributed by atoms with van der Waals surface area (Å²) in [6.07, 6.45) is 3.59. The monoisotopic (exact) mass is 381 g/mol. The number of carbonyl (C=O) groups is 1. The third-order valence-corrected chi connectivity index (χ3v) is 5.61. The van der Waals surface area contributed by atoms with Crippen molar-refractivity contribution in [2.75, 3.05) is 0 Å². The fourth-order valence-corrected chi connectivity index (χ4v) is 4.00. The molecule has 0 saturated heterocycles. The van der Waals surface area contributed by atoms with Crippen molar-refractivity contribution in [3.05, 3.63) is 88.3 Å². The van der Waals surface area contributed by atoms with E-state index >= 15 is 0 Å². The van der Waals surface area contributed by atoms with Crippen molar-refractivity contribution in [2.45, 2.75) is 6.04 Å². The van der Waals surface area contributed by atoms with E-state index < -0.39 is 0 Å². The molecule has 0 bridgehead atoms. The van der Waals surface area contributed by atoms with Crippen molar-refractivity contribution in [1.29, 1.82) is 0 Å². The van der Waals surface area contributed by atoms with E-state index in [-0.39, 0.29) is 11.9 Å². The van der Waals surface area contributed by atoms with Crippen LogP contribution in [0.3, 0.4) is 0 Å². The second kappa shape index (κ2) is 6.94. The third kappa shape index (κ3) is 3.23. The largest absolute Gasteiger partial charge is 0.337 e. The summed E-state index contributed by atoms with van der Waals surface area (Å²) in [7, 11) is 1.91. The molecule has 4 aromatic rings. The minimum Gasteiger partial charge on any atom is -0.337 e. The highest BCUT2D eigenvalue weighted by molar-refractivity contribution is 7.20. The van der Waals surface area contributed by atoms with Gasteiger partial charge in [0.15, 0.2) is 0 Å². The molecule has 6 heteroatoms. The summed E-state index contributed by atoms with van der Waals surface area (Å²) < 4.78 is 3.00. The highest BCUT2D eigenvalue weighted by Crippen LogP contribution is 2.27. The topological polar surface area (TPSA) is 46.9 Å². The van der Waals surface area contributed by atoms with Gasteiger partial charge in [-0.3, -0.25) is 4.79 Å². The lowest BCUT2D eigenvalue weighted by Crippen LogP contribution is -2.30. The molecular formula is C20H16ClN3OS. The number of benzene rings is 2. The molecule has 0 unspecified atom stereocenters. The van der Waals surface area contributed by atoms with Gasteiger partial charge in [0.25, 0.3) is 5.91 Å². The van der Waals surface area contributed by atoms with Crippen LogP contribution in [0.5, 0.6) is 0 Å². The first kappa shape index (κ1) is 16.8. The summed E-state index contributed by atoms with van der Waals surface area (Å²) >= 11 is 7.50. The lowest BCUT2D eigenvalue weighted by Gasteiger charge is -2.19. The quantitative estimate of drug-likeness (QED) is 0.551. The third-order valence-electron chi connectivity index (χ3n) is 4.24. The molecule has 0 spiro atoms. The van der Waals surface area contributed by atoms with Crippen LogP contribution in [0.2, 0.25) is 5.02 Å². The number of aryl methyl sites for hydroxylation is 1. The van der Waals surface area contributed by atoms with Crippen LogP contribution in [0.25, 0.3) is 10.1 Å². The number of thiophene rings is 1. The fraction of sp³-hybridized carbons (Fsp3) is 0.100. The van der Waals surface area contributed by atoms with Gasteiger partial charge in [-0.2, -0.15) is 0 Å². The van der Waals surface area contributed by atoms with E-state index in [1.807, 2.05) is 72.4 Å². The van der Waals surface area contributed by atoms with Crippen molar-refractivity contribution in [3.8, 4) is 0 Å². The number of carbonyl (C=O) groups excluding carboxylic acids is 1. The molecule has 1 amide bonds. The minimum atomic E-state index is -0.357. The normalized spacial score (nSPS) is 12.2. The highest BCUT2D eigenvalue weighted by atomic mass is 35.5. The van der Waals surface area contributed by atoms with E-state index in [1.54, 1.807) is 6.20 Å². The highest BCUT2D eigenvalue weighted by Gasteiger charge is 2.22. The van der Waals surface area contributed by atoms with E-state index in [9.17, 15) is 4.79 Å². The zero-order chi connectivity index (χ0) is 18.1. The smallest absolute Gasteiger partial charge is 0.262 e. The molecule has 2 aromatic heterocycles. The zero-order valence-electron chi connectivity index (χ0n) is 14.0. The van der Waals surface area contributed by atoms with Gasteiger partial charge in [-0.25, -0.2) is 4.98 Å². The Morgan fingerprint density at radius 1 is 1.19 bits per heavy atom. The van der Waals surface area contributed by atoms with Crippen molar-refractivity contribution in [1.82, 2.24) is 14.9 Å². The van der Waals surface area contributed by atoms with E-state index in [0.717, 1.165) is 21.5 Å². The molecule has 2 aromatic carbocycles. The first-order valence-corrected chi connectivity index (χ1v) is 9.33. The maximum atomic E-state index is 12.9. The first-order chi connectivity index (χ1) is 12.6. The Hall–Kier alpha value is -2.63. The molecule has 0 aliphatic heterocycles. The predicted molar refractivity (Wildman–Crippen MR) is 106 cm³/mol. The van der Waals surface area contributed by atoms with Crippen LogP contribution in [0, 0.1) is 0 Å². The lowest BCUT2D eigenvalue weighted by molar-refractivity contribution is 0.0945. The summed E-state index contributed by atoms with van der Waals surface area (Å²) in [5.41, 5.74) is 0.929. The minimum absolute atomic E-state index is 0.117. The average molecular weight is 382 g/mol. The van der Waals surface area contributed by atoms with Crippen LogP contribution in [0.4, 0.5) is 0 Å². The first-order valence-electron chi connectivity index (χ1n) is 8.14. The number of fused-ring (bicyclic) bond motifs is 1. The van der Waals surface area contributed by atoms with E-state index in [4.69, 9.17) is 11.6 Å². The molecule has 4 rings (SSSR count). The average Bonchev–Trinajstić information content (AvgIpc) is 3.26. The molecule has 0 aliphatic carbocycles. The number of rotatable bonds is 4. The second-order valence-corrected chi connectivity index (χ2v) is 7.52. The Morgan fingerprint density at radius 2 is 1.96 bits per heavy atom. The van der Waals surface area contributed by atoms with E-state index in [1.165, 1.54) is 11.3 Å². The van der Waals surface area contributed by atoms with E-state index in [0.29, 0.717) is 9.90 Å². The summed E-state index contributed by atoms with van der Waals surface area (Å²) in [4.78, 5) is 18.0. The van der Waals surface area contributed by atoms with Crippen LogP contribution >= 0.6 is 22.9 Å². The molecule has 130 valence electrons. The Balaban J connectivity index is 1.69. The van der Waals surface area contributed by atoms with Crippen molar-refractivity contribution >= 4 is 38.9 Å². The summed E-state index contributed by atoms with van der Waals surface area (Å²) in [5, 5.41) is 4.85. The Morgan fingerprint density at radius 3 is 2.65 bits per heavy atom. The molecule has 0 saturated carbocycles. The summed E-state index contributed by atoms with van der Waals surface area (Å²) in [5.74, 6) is 0.649. The number of imidazole rings is 1. The van der Waals surface area contributed by atoms with Crippen LogP contribution in [0.15, 0.2) is 67.0 Å². The molecule has 0 fully saturated rings. The molecule has 0 radical (unpaired) electrons. The zero-order valence-corrected chi connectivity index (χ0v) is 15.6. The lowest BCUT2D eigenvalue weighted by atomic mass is 10.1. The van der Waals surface area contributed by atoms with Gasteiger partial charge >= 0.3 is 0 Å². The van der Waals surface area contributed by atoms with Gasteiger partial charge in [-0.05, 0) is 35.2 Å². The Labute approximate surface area is 160 Å². The number of amides is 1. The van der Waals surface area contributed by atoms with Crippen molar-refractivity contribution < 1.29 is 4.79 Å². The number of hydrogen-bond acceptors (Lipinski definition) is 3. The SMILES string of the molecule is Cn1ccnc1[C@@H](NC(=O)c1cc2ccccc2s1)c1ccc(Cl)cc1. The summed E-state index contributed by atoms with van der Waals surface area (Å²) in [6, 6.07) is 17.0. The van der Waals surface area contributed by atoms with Gasteiger partial charge in [0.05, 0.1) is 4.88 Å². The van der Waals surface area contributed by atoms with Gasteiger partial charge in [0.2, 0.25) is 0 Å². The maximum absolute atomic E-state index is 12.9. The molecule has 2 heterocycles. The Kier molecular flexibility index (Phi) is 4.49. The van der Waals surface area contributed by atoms with Gasteiger partial charge in [-0.15, -0.1) is 11.3 Å². The molecule has 4 nitrogen and oxygen atoms in total. The molecular weight excluding hydrogens is 366 g/mol. The Bertz CT molecular complexity index is 1040. The molecule has 0 aliphatic rings. The second-order valence-electron chi connectivity index (χ2n) is 6.00. The number of halogens is 1. The van der Waals surface area contributed by atoms with Crippen molar-refractivity contribution in [2.24, 2.45) is 7.05 Å². The number of nitrogens with one attached hydrogen (secondary N) is 1. The van der Waals surface area contributed by atoms with Crippen LogP contribution in [0.1, 0.15) is 27.1 Å². The van der Waals surface area contributed by atoms with Gasteiger partial charge < -0.3 is 9.88 Å². The molecule has 1 atom stereocenters. The summed E-state index contributed by atoms with van der Waals surface area (Å²) in [6.45, 7) is 0. The van der Waals surface area contributed by atoms with Gasteiger partial charge in [0.1, 0.15) is 11.9 Å². The fourth-order valence-electron chi connectivity index (χ4n) is 2.90. The molecule has 26 heavy (non-hydrogen) atoms. The van der Waals surface area contributed by atoms with Crippen molar-refractivity contribution in [3.63, 3.8) is 0 Å². The van der Waals surface area contributed by atoms with Crippen LogP contribution < -0.4 is 5.32 Å². The number of hydrogen-bond donors (Lipinski definition) is 1. The standard InChI is InChI=1S/C20H16ClN3OS/c1-24-11-10-22-19(24)18(13-6-8-15(21)9-7-13)23-20(25)17-12-14-4-2-3-5-16(14)26-17/h2-12,18H,1H3,(H,23,25)/t18-/m0/s1.